The highest BCUT2D eigenvalue weighted by Crippen LogP contribution is 2.37. The van der Waals surface area contributed by atoms with Crippen molar-refractivity contribution in [3.8, 4) is 11.5 Å². The highest BCUT2D eigenvalue weighted by molar-refractivity contribution is 6.35. The minimum atomic E-state index is -0.271. The van der Waals surface area contributed by atoms with Crippen molar-refractivity contribution in [1.29, 1.82) is 0 Å². The average Bonchev–Trinajstić information content (AvgIpc) is 3.02. The molecule has 2 aromatic rings. The molecular formula is C25H30N2O4. The van der Waals surface area contributed by atoms with Gasteiger partial charge in [-0.1, -0.05) is 50.2 Å². The number of imide groups is 1. The molecule has 1 aliphatic rings. The van der Waals surface area contributed by atoms with Crippen LogP contribution in [0.3, 0.4) is 0 Å². The molecule has 6 heteroatoms. The monoisotopic (exact) mass is 422 g/mol. The van der Waals surface area contributed by atoms with Gasteiger partial charge >= 0.3 is 0 Å². The van der Waals surface area contributed by atoms with E-state index in [1.54, 1.807) is 32.4 Å². The first kappa shape index (κ1) is 22.4. The number of likely N-dealkylation sites (N-methyl/N-ethyl adjacent to an activating group) is 1. The summed E-state index contributed by atoms with van der Waals surface area (Å²) in [5.74, 6) is 0.734. The molecule has 3 rings (SSSR count). The standard InChI is InChI=1S/C25H30N2O4/c1-6-26(16-18-10-8-7-9-11-18)23-22(24(28)27(25(23)29)15-17(2)3)19-12-13-20(30-4)21(14-19)31-5/h7-14,17H,6,15-16H2,1-5H3. The van der Waals surface area contributed by atoms with Crippen LogP contribution in [0.15, 0.2) is 54.2 Å². The fourth-order valence-corrected chi connectivity index (χ4v) is 3.79. The molecule has 0 bridgehead atoms. The van der Waals surface area contributed by atoms with Crippen LogP contribution in [0, 0.1) is 5.92 Å². The molecule has 6 nitrogen and oxygen atoms in total. The molecular weight excluding hydrogens is 392 g/mol. The van der Waals surface area contributed by atoms with E-state index in [2.05, 4.69) is 0 Å². The average molecular weight is 423 g/mol. The van der Waals surface area contributed by atoms with Gasteiger partial charge in [0, 0.05) is 19.6 Å². The van der Waals surface area contributed by atoms with Crippen molar-refractivity contribution in [2.75, 3.05) is 27.3 Å². The van der Waals surface area contributed by atoms with Crippen LogP contribution >= 0.6 is 0 Å². The Labute approximate surface area is 184 Å². The minimum Gasteiger partial charge on any atom is -0.493 e. The zero-order valence-corrected chi connectivity index (χ0v) is 18.8. The predicted octanol–water partition coefficient (Wildman–Crippen LogP) is 3.96. The van der Waals surface area contributed by atoms with Crippen LogP contribution in [0.4, 0.5) is 0 Å². The normalized spacial score (nSPS) is 13.9. The molecule has 0 fully saturated rings. The maximum Gasteiger partial charge on any atom is 0.277 e. The van der Waals surface area contributed by atoms with Gasteiger partial charge < -0.3 is 14.4 Å². The summed E-state index contributed by atoms with van der Waals surface area (Å²) in [7, 11) is 3.12. The summed E-state index contributed by atoms with van der Waals surface area (Å²) < 4.78 is 10.8. The number of hydrogen-bond donors (Lipinski definition) is 0. The largest absolute Gasteiger partial charge is 0.493 e. The molecule has 0 saturated heterocycles. The Balaban J connectivity index is 2.13. The second-order valence-corrected chi connectivity index (χ2v) is 7.91. The molecule has 0 aliphatic carbocycles. The van der Waals surface area contributed by atoms with Crippen LogP contribution in [0.5, 0.6) is 11.5 Å². The predicted molar refractivity (Wildman–Crippen MR) is 121 cm³/mol. The molecule has 1 heterocycles. The van der Waals surface area contributed by atoms with Gasteiger partial charge in [-0.25, -0.2) is 0 Å². The molecule has 0 saturated carbocycles. The van der Waals surface area contributed by atoms with Gasteiger partial charge in [-0.05, 0) is 36.1 Å². The number of hydrogen-bond acceptors (Lipinski definition) is 5. The van der Waals surface area contributed by atoms with Crippen LogP contribution in [0.1, 0.15) is 31.9 Å². The number of amides is 2. The van der Waals surface area contributed by atoms with Gasteiger partial charge in [-0.3, -0.25) is 14.5 Å². The zero-order valence-electron chi connectivity index (χ0n) is 18.8. The Hall–Kier alpha value is -3.28. The second kappa shape index (κ2) is 9.69. The lowest BCUT2D eigenvalue weighted by molar-refractivity contribution is -0.138. The molecule has 2 aromatic carbocycles. The van der Waals surface area contributed by atoms with E-state index in [9.17, 15) is 9.59 Å². The van der Waals surface area contributed by atoms with E-state index < -0.39 is 0 Å². The molecule has 0 N–H and O–H groups in total. The van der Waals surface area contributed by atoms with E-state index in [1.165, 1.54) is 4.90 Å². The van der Waals surface area contributed by atoms with E-state index in [0.717, 1.165) is 5.56 Å². The lowest BCUT2D eigenvalue weighted by Gasteiger charge is -2.25. The summed E-state index contributed by atoms with van der Waals surface area (Å²) >= 11 is 0. The number of nitrogens with zero attached hydrogens (tertiary/aromatic N) is 2. The highest BCUT2D eigenvalue weighted by Gasteiger charge is 2.41. The van der Waals surface area contributed by atoms with Gasteiger partial charge in [0.1, 0.15) is 5.70 Å². The first-order valence-electron chi connectivity index (χ1n) is 10.5. The Bertz CT molecular complexity index is 982. The number of ether oxygens (including phenoxy) is 2. The smallest absolute Gasteiger partial charge is 0.277 e. The molecule has 0 spiro atoms. The minimum absolute atomic E-state index is 0.170. The van der Waals surface area contributed by atoms with E-state index in [0.29, 0.717) is 48.0 Å². The molecule has 0 aromatic heterocycles. The third-order valence-corrected chi connectivity index (χ3v) is 5.28. The number of benzene rings is 2. The van der Waals surface area contributed by atoms with Crippen molar-refractivity contribution in [2.45, 2.75) is 27.3 Å². The van der Waals surface area contributed by atoms with E-state index in [4.69, 9.17) is 9.47 Å². The third-order valence-electron chi connectivity index (χ3n) is 5.28. The summed E-state index contributed by atoms with van der Waals surface area (Å²) in [5, 5.41) is 0. The van der Waals surface area contributed by atoms with Gasteiger partial charge in [-0.2, -0.15) is 0 Å². The molecule has 0 radical (unpaired) electrons. The lowest BCUT2D eigenvalue weighted by Crippen LogP contribution is -2.37. The summed E-state index contributed by atoms with van der Waals surface area (Å²) in [5.41, 5.74) is 2.56. The van der Waals surface area contributed by atoms with Crippen LogP contribution < -0.4 is 9.47 Å². The second-order valence-electron chi connectivity index (χ2n) is 7.91. The maximum atomic E-state index is 13.5. The van der Waals surface area contributed by atoms with E-state index in [-0.39, 0.29) is 17.7 Å². The van der Waals surface area contributed by atoms with Crippen LogP contribution in [0.2, 0.25) is 0 Å². The molecule has 1 aliphatic heterocycles. The van der Waals surface area contributed by atoms with E-state index >= 15 is 0 Å². The summed E-state index contributed by atoms with van der Waals surface area (Å²) in [6.07, 6.45) is 0. The van der Waals surface area contributed by atoms with Crippen LogP contribution in [-0.2, 0) is 16.1 Å². The topological polar surface area (TPSA) is 59.1 Å². The zero-order chi connectivity index (χ0) is 22.5. The van der Waals surface area contributed by atoms with Crippen molar-refractivity contribution >= 4 is 17.4 Å². The summed E-state index contributed by atoms with van der Waals surface area (Å²) in [4.78, 5) is 30.2. The lowest BCUT2D eigenvalue weighted by atomic mass is 10.0. The van der Waals surface area contributed by atoms with Crippen molar-refractivity contribution in [1.82, 2.24) is 9.80 Å². The quantitative estimate of drug-likeness (QED) is 0.573. The maximum absolute atomic E-state index is 13.5. The first-order chi connectivity index (χ1) is 14.9. The number of methoxy groups -OCH3 is 2. The summed E-state index contributed by atoms with van der Waals surface area (Å²) in [6.45, 7) is 7.49. The Morgan fingerprint density at radius 1 is 0.935 bits per heavy atom. The Kier molecular flexibility index (Phi) is 7.00. The van der Waals surface area contributed by atoms with Gasteiger partial charge in [0.05, 0.1) is 19.8 Å². The van der Waals surface area contributed by atoms with Gasteiger partial charge in [0.2, 0.25) is 0 Å². The summed E-state index contributed by atoms with van der Waals surface area (Å²) in [6, 6.07) is 15.3. The number of carbonyl (C=O) groups excluding carboxylic acids is 2. The van der Waals surface area contributed by atoms with Gasteiger partial charge in [0.25, 0.3) is 11.8 Å². The van der Waals surface area contributed by atoms with Crippen molar-refractivity contribution in [3.05, 3.63) is 65.4 Å². The Morgan fingerprint density at radius 2 is 1.61 bits per heavy atom. The molecule has 31 heavy (non-hydrogen) atoms. The van der Waals surface area contributed by atoms with Gasteiger partial charge in [0.15, 0.2) is 11.5 Å². The molecule has 0 unspecified atom stereocenters. The molecule has 164 valence electrons. The van der Waals surface area contributed by atoms with E-state index in [1.807, 2.05) is 56.0 Å². The first-order valence-corrected chi connectivity index (χ1v) is 10.5. The fraction of sp³-hybridized carbons (Fsp3) is 0.360. The molecule has 0 atom stereocenters. The van der Waals surface area contributed by atoms with Gasteiger partial charge in [-0.15, -0.1) is 0 Å². The van der Waals surface area contributed by atoms with Crippen molar-refractivity contribution < 1.29 is 19.1 Å². The fourth-order valence-electron chi connectivity index (χ4n) is 3.79. The SMILES string of the molecule is CCN(Cc1ccccc1)C1=C(c2ccc(OC)c(OC)c2)C(=O)N(CC(C)C)C1=O. The van der Waals surface area contributed by atoms with Crippen LogP contribution in [-0.4, -0.2) is 48.9 Å². The van der Waals surface area contributed by atoms with Crippen molar-refractivity contribution in [2.24, 2.45) is 5.92 Å². The number of rotatable bonds is 9. The van der Waals surface area contributed by atoms with Crippen molar-refractivity contribution in [3.63, 3.8) is 0 Å². The Morgan fingerprint density at radius 3 is 2.19 bits per heavy atom. The van der Waals surface area contributed by atoms with Crippen LogP contribution in [0.25, 0.3) is 5.57 Å². The molecule has 2 amide bonds. The number of carbonyl (C=O) groups is 2. The third kappa shape index (κ3) is 4.58. The highest BCUT2D eigenvalue weighted by atomic mass is 16.5.